The van der Waals surface area contributed by atoms with Crippen LogP contribution in [0.2, 0.25) is 0 Å². The van der Waals surface area contributed by atoms with Crippen molar-refractivity contribution in [2.24, 2.45) is 0 Å². The van der Waals surface area contributed by atoms with Gasteiger partial charge in [-0.2, -0.15) is 8.78 Å². The van der Waals surface area contributed by atoms with Crippen molar-refractivity contribution >= 4 is 17.9 Å². The summed E-state index contributed by atoms with van der Waals surface area (Å²) in [5, 5.41) is 0. The van der Waals surface area contributed by atoms with E-state index >= 15 is 0 Å². The molecule has 1 aromatic rings. The van der Waals surface area contributed by atoms with Gasteiger partial charge in [0.15, 0.2) is 0 Å². The molecule has 2 amide bonds. The number of ether oxygens (including phenoxy) is 1. The third-order valence-corrected chi connectivity index (χ3v) is 3.79. The second kappa shape index (κ2) is 8.42. The Hall–Kier alpha value is -2.44. The quantitative estimate of drug-likeness (QED) is 0.792. The Labute approximate surface area is 139 Å². The molecule has 1 heterocycles. The van der Waals surface area contributed by atoms with Gasteiger partial charge in [0.05, 0.1) is 0 Å². The number of hydrogen-bond donors (Lipinski definition) is 0. The number of alkyl halides is 2. The van der Waals surface area contributed by atoms with Gasteiger partial charge in [-0.05, 0) is 18.6 Å². The van der Waals surface area contributed by atoms with E-state index < -0.39 is 6.61 Å². The van der Waals surface area contributed by atoms with Gasteiger partial charge in [0.1, 0.15) is 5.75 Å². The highest BCUT2D eigenvalue weighted by atomic mass is 19.3. The number of carbonyl (C=O) groups is 2. The topological polar surface area (TPSA) is 49.9 Å². The van der Waals surface area contributed by atoms with Crippen molar-refractivity contribution in [1.29, 1.82) is 0 Å². The predicted molar refractivity (Wildman–Crippen MR) is 85.6 cm³/mol. The van der Waals surface area contributed by atoms with Crippen LogP contribution in [-0.2, 0) is 9.59 Å². The van der Waals surface area contributed by atoms with Crippen molar-refractivity contribution < 1.29 is 23.1 Å². The van der Waals surface area contributed by atoms with Crippen LogP contribution in [-0.4, -0.2) is 54.4 Å². The second-order valence-electron chi connectivity index (χ2n) is 5.43. The summed E-state index contributed by atoms with van der Waals surface area (Å²) in [7, 11) is 0. The lowest BCUT2D eigenvalue weighted by Crippen LogP contribution is -2.35. The number of hydrogen-bond acceptors (Lipinski definition) is 3. The molecule has 0 spiro atoms. The maximum atomic E-state index is 12.4. The van der Waals surface area contributed by atoms with Gasteiger partial charge in [-0.3, -0.25) is 9.59 Å². The molecule has 0 aliphatic carbocycles. The van der Waals surface area contributed by atoms with E-state index in [4.69, 9.17) is 0 Å². The first kappa shape index (κ1) is 17.9. The highest BCUT2D eigenvalue weighted by Crippen LogP contribution is 2.21. The molecule has 0 atom stereocenters. The summed E-state index contributed by atoms with van der Waals surface area (Å²) >= 11 is 0. The third-order valence-electron chi connectivity index (χ3n) is 3.79. The number of nitrogens with zero attached hydrogens (tertiary/aromatic N) is 2. The summed E-state index contributed by atoms with van der Waals surface area (Å²) in [6.45, 7) is 0.740. The Balaban J connectivity index is 2.01. The van der Waals surface area contributed by atoms with Gasteiger partial charge >= 0.3 is 6.61 Å². The minimum Gasteiger partial charge on any atom is -0.434 e. The van der Waals surface area contributed by atoms with E-state index in [2.05, 4.69) is 4.74 Å². The number of halogens is 2. The molecule has 1 aromatic carbocycles. The SMILES string of the molecule is CC(=O)N1CCCN(C(=O)/C=C/c2ccccc2OC(F)F)CC1. The van der Waals surface area contributed by atoms with E-state index in [-0.39, 0.29) is 17.6 Å². The molecule has 0 bridgehead atoms. The molecule has 1 aliphatic heterocycles. The molecule has 1 fully saturated rings. The summed E-state index contributed by atoms with van der Waals surface area (Å²) in [5.41, 5.74) is 0.409. The van der Waals surface area contributed by atoms with Gasteiger partial charge < -0.3 is 14.5 Å². The Morgan fingerprint density at radius 1 is 1.12 bits per heavy atom. The largest absolute Gasteiger partial charge is 0.434 e. The van der Waals surface area contributed by atoms with E-state index in [1.54, 1.807) is 28.0 Å². The standard InChI is InChI=1S/C17H20F2N2O3/c1-13(22)20-9-4-10-21(12-11-20)16(23)8-7-14-5-2-3-6-15(14)24-17(18)19/h2-3,5-8,17H,4,9-12H2,1H3/b8-7+. The van der Waals surface area contributed by atoms with Crippen molar-refractivity contribution in [3.8, 4) is 5.75 Å². The lowest BCUT2D eigenvalue weighted by molar-refractivity contribution is -0.130. The third kappa shape index (κ3) is 5.04. The highest BCUT2D eigenvalue weighted by molar-refractivity contribution is 5.92. The second-order valence-corrected chi connectivity index (χ2v) is 5.43. The van der Waals surface area contributed by atoms with Gasteiger partial charge in [0.2, 0.25) is 11.8 Å². The van der Waals surface area contributed by atoms with E-state index in [1.165, 1.54) is 25.1 Å². The number of rotatable bonds is 4. The van der Waals surface area contributed by atoms with Crippen molar-refractivity contribution in [3.63, 3.8) is 0 Å². The van der Waals surface area contributed by atoms with Gasteiger partial charge in [0, 0.05) is 44.7 Å². The minimum absolute atomic E-state index is 0.00193. The minimum atomic E-state index is -2.92. The molecule has 0 N–H and O–H groups in total. The van der Waals surface area contributed by atoms with Crippen molar-refractivity contribution in [3.05, 3.63) is 35.9 Å². The van der Waals surface area contributed by atoms with E-state index in [0.717, 1.165) is 0 Å². The molecule has 0 aromatic heterocycles. The molecule has 1 aliphatic rings. The first-order chi connectivity index (χ1) is 11.5. The molecule has 0 unspecified atom stereocenters. The van der Waals surface area contributed by atoms with Crippen LogP contribution >= 0.6 is 0 Å². The normalized spacial score (nSPS) is 15.7. The zero-order valence-electron chi connectivity index (χ0n) is 13.5. The highest BCUT2D eigenvalue weighted by Gasteiger charge is 2.18. The van der Waals surface area contributed by atoms with Gasteiger partial charge in [-0.25, -0.2) is 0 Å². The lowest BCUT2D eigenvalue weighted by atomic mass is 10.2. The average Bonchev–Trinajstić information content (AvgIpc) is 2.79. The van der Waals surface area contributed by atoms with Crippen LogP contribution in [0.5, 0.6) is 5.75 Å². The Bertz CT molecular complexity index is 620. The molecule has 0 radical (unpaired) electrons. The van der Waals surface area contributed by atoms with Crippen LogP contribution in [0.4, 0.5) is 8.78 Å². The van der Waals surface area contributed by atoms with E-state index in [9.17, 15) is 18.4 Å². The number of carbonyl (C=O) groups excluding carboxylic acids is 2. The van der Waals surface area contributed by atoms with Crippen LogP contribution in [0.3, 0.4) is 0 Å². The fourth-order valence-electron chi connectivity index (χ4n) is 2.54. The number of benzene rings is 1. The maximum Gasteiger partial charge on any atom is 0.387 e. The summed E-state index contributed by atoms with van der Waals surface area (Å²) < 4.78 is 29.2. The summed E-state index contributed by atoms with van der Waals surface area (Å²) in [6.07, 6.45) is 3.52. The zero-order valence-corrected chi connectivity index (χ0v) is 13.5. The molecular weight excluding hydrogens is 318 g/mol. The fraction of sp³-hybridized carbons (Fsp3) is 0.412. The lowest BCUT2D eigenvalue weighted by Gasteiger charge is -2.20. The van der Waals surface area contributed by atoms with Gasteiger partial charge in [-0.1, -0.05) is 18.2 Å². The van der Waals surface area contributed by atoms with E-state index in [0.29, 0.717) is 38.2 Å². The van der Waals surface area contributed by atoms with Crippen molar-refractivity contribution in [2.75, 3.05) is 26.2 Å². The monoisotopic (exact) mass is 338 g/mol. The Morgan fingerprint density at radius 2 is 1.79 bits per heavy atom. The molecule has 1 saturated heterocycles. The average molecular weight is 338 g/mol. The number of para-hydroxylation sites is 1. The van der Waals surface area contributed by atoms with Crippen LogP contribution in [0.1, 0.15) is 18.9 Å². The van der Waals surface area contributed by atoms with Gasteiger partial charge in [0.25, 0.3) is 0 Å². The summed E-state index contributed by atoms with van der Waals surface area (Å²) in [5.74, 6) is -0.194. The predicted octanol–water partition coefficient (Wildman–Crippen LogP) is 2.38. The molecule has 2 rings (SSSR count). The smallest absolute Gasteiger partial charge is 0.387 e. The first-order valence-corrected chi connectivity index (χ1v) is 7.73. The first-order valence-electron chi connectivity index (χ1n) is 7.73. The molecule has 0 saturated carbocycles. The molecule has 7 heteroatoms. The summed E-state index contributed by atoms with van der Waals surface area (Å²) in [4.78, 5) is 27.0. The zero-order chi connectivity index (χ0) is 17.5. The molecular formula is C17H20F2N2O3. The maximum absolute atomic E-state index is 12.4. The van der Waals surface area contributed by atoms with Crippen LogP contribution in [0.15, 0.2) is 30.3 Å². The van der Waals surface area contributed by atoms with Crippen molar-refractivity contribution in [1.82, 2.24) is 9.80 Å². The Morgan fingerprint density at radius 3 is 2.50 bits per heavy atom. The number of amides is 2. The molecule has 130 valence electrons. The summed E-state index contributed by atoms with van der Waals surface area (Å²) in [6, 6.07) is 6.29. The fourth-order valence-corrected chi connectivity index (χ4v) is 2.54. The van der Waals surface area contributed by atoms with Crippen LogP contribution < -0.4 is 4.74 Å². The van der Waals surface area contributed by atoms with Crippen molar-refractivity contribution in [2.45, 2.75) is 20.0 Å². The van der Waals surface area contributed by atoms with Crippen LogP contribution in [0, 0.1) is 0 Å². The van der Waals surface area contributed by atoms with Gasteiger partial charge in [-0.15, -0.1) is 0 Å². The molecule has 24 heavy (non-hydrogen) atoms. The van der Waals surface area contributed by atoms with E-state index in [1.807, 2.05) is 0 Å². The van der Waals surface area contributed by atoms with Crippen LogP contribution in [0.25, 0.3) is 6.08 Å². The molecule has 5 nitrogen and oxygen atoms in total. The Kier molecular flexibility index (Phi) is 6.28.